The number of H-pyrrole nitrogens is 1. The van der Waals surface area contributed by atoms with Crippen LogP contribution in [0.1, 0.15) is 10.4 Å². The van der Waals surface area contributed by atoms with Gasteiger partial charge in [0.1, 0.15) is 11.1 Å². The van der Waals surface area contributed by atoms with Crippen LogP contribution < -0.4 is 0 Å². The van der Waals surface area contributed by atoms with Crippen LogP contribution in [0.25, 0.3) is 11.0 Å². The number of fused-ring (bicyclic) bond motifs is 1. The van der Waals surface area contributed by atoms with Crippen LogP contribution in [0.4, 0.5) is 0 Å². The first-order valence-corrected chi connectivity index (χ1v) is 3.92. The quantitative estimate of drug-likeness (QED) is 0.732. The van der Waals surface area contributed by atoms with Crippen molar-refractivity contribution in [3.63, 3.8) is 0 Å². The van der Waals surface area contributed by atoms with Crippen molar-refractivity contribution < 1.29 is 9.90 Å². The van der Waals surface area contributed by atoms with Crippen LogP contribution in [0, 0.1) is 0 Å². The molecule has 2 N–H and O–H groups in total. The van der Waals surface area contributed by atoms with E-state index in [1.807, 2.05) is 0 Å². The number of pyridine rings is 1. The SMILES string of the molecule is O=C(O)c1c[nH]c2cc(Cl)cnc12. The van der Waals surface area contributed by atoms with E-state index in [1.54, 1.807) is 6.07 Å². The number of carboxylic acids is 1. The molecule has 0 aliphatic heterocycles. The average molecular weight is 197 g/mol. The highest BCUT2D eigenvalue weighted by Crippen LogP contribution is 2.18. The van der Waals surface area contributed by atoms with Crippen molar-refractivity contribution in [3.05, 3.63) is 29.0 Å². The van der Waals surface area contributed by atoms with Gasteiger partial charge >= 0.3 is 5.97 Å². The predicted octanol–water partition coefficient (Wildman–Crippen LogP) is 1.91. The van der Waals surface area contributed by atoms with Crippen LogP contribution in [-0.4, -0.2) is 21.0 Å². The normalized spacial score (nSPS) is 10.5. The molecular formula is C8H5ClN2O2. The predicted molar refractivity (Wildman–Crippen MR) is 48.1 cm³/mol. The van der Waals surface area contributed by atoms with E-state index in [-0.39, 0.29) is 5.56 Å². The standard InChI is InChI=1S/C8H5ClN2O2/c9-4-1-6-7(11-2-4)5(3-10-6)8(12)13/h1-3,10H,(H,12,13). The zero-order chi connectivity index (χ0) is 9.42. The Labute approximate surface area is 78.2 Å². The van der Waals surface area contributed by atoms with Crippen LogP contribution in [0.15, 0.2) is 18.5 Å². The number of hydrogen-bond donors (Lipinski definition) is 2. The van der Waals surface area contributed by atoms with E-state index >= 15 is 0 Å². The average Bonchev–Trinajstić information content (AvgIpc) is 2.46. The third-order valence-electron chi connectivity index (χ3n) is 1.71. The maximum absolute atomic E-state index is 10.7. The fourth-order valence-electron chi connectivity index (χ4n) is 1.15. The fourth-order valence-corrected chi connectivity index (χ4v) is 1.30. The number of nitrogens with one attached hydrogen (secondary N) is 1. The number of carboxylic acid groups (broad SMARTS) is 1. The summed E-state index contributed by atoms with van der Waals surface area (Å²) in [6, 6.07) is 1.64. The number of nitrogens with zero attached hydrogens (tertiary/aromatic N) is 1. The molecule has 0 saturated heterocycles. The Morgan fingerprint density at radius 3 is 3.08 bits per heavy atom. The van der Waals surface area contributed by atoms with Gasteiger partial charge in [-0.3, -0.25) is 4.98 Å². The molecule has 2 rings (SSSR count). The van der Waals surface area contributed by atoms with E-state index < -0.39 is 5.97 Å². The van der Waals surface area contributed by atoms with Crippen LogP contribution >= 0.6 is 11.6 Å². The molecule has 0 fully saturated rings. The van der Waals surface area contributed by atoms with Gasteiger partial charge in [-0.05, 0) is 6.07 Å². The first-order chi connectivity index (χ1) is 6.18. The number of halogens is 1. The summed E-state index contributed by atoms with van der Waals surface area (Å²) < 4.78 is 0. The molecule has 5 heteroatoms. The first kappa shape index (κ1) is 8.07. The minimum atomic E-state index is -0.999. The van der Waals surface area contributed by atoms with Crippen molar-refractivity contribution in [2.45, 2.75) is 0 Å². The molecule has 0 aromatic carbocycles. The van der Waals surface area contributed by atoms with Crippen LogP contribution in [-0.2, 0) is 0 Å². The molecule has 13 heavy (non-hydrogen) atoms. The summed E-state index contributed by atoms with van der Waals surface area (Å²) in [6.07, 6.45) is 2.82. The molecule has 0 spiro atoms. The van der Waals surface area contributed by atoms with Crippen LogP contribution in [0.3, 0.4) is 0 Å². The summed E-state index contributed by atoms with van der Waals surface area (Å²) >= 11 is 5.68. The highest BCUT2D eigenvalue weighted by molar-refractivity contribution is 6.31. The molecule has 0 unspecified atom stereocenters. The third kappa shape index (κ3) is 1.25. The molecule has 0 atom stereocenters. The van der Waals surface area contributed by atoms with E-state index in [0.717, 1.165) is 0 Å². The number of aromatic carboxylic acids is 1. The molecule has 66 valence electrons. The Hall–Kier alpha value is -1.55. The van der Waals surface area contributed by atoms with Gasteiger partial charge in [-0.1, -0.05) is 11.6 Å². The molecule has 0 radical (unpaired) electrons. The van der Waals surface area contributed by atoms with Gasteiger partial charge in [0, 0.05) is 12.4 Å². The number of hydrogen-bond acceptors (Lipinski definition) is 2. The lowest BCUT2D eigenvalue weighted by Crippen LogP contribution is -1.94. The third-order valence-corrected chi connectivity index (χ3v) is 1.92. The van der Waals surface area contributed by atoms with Crippen LogP contribution in [0.2, 0.25) is 5.02 Å². The van der Waals surface area contributed by atoms with E-state index in [0.29, 0.717) is 16.1 Å². The monoisotopic (exact) mass is 196 g/mol. The second kappa shape index (κ2) is 2.74. The number of aromatic amines is 1. The number of carbonyl (C=O) groups is 1. The molecular weight excluding hydrogens is 192 g/mol. The second-order valence-corrected chi connectivity index (χ2v) is 2.99. The minimum Gasteiger partial charge on any atom is -0.478 e. The molecule has 4 nitrogen and oxygen atoms in total. The largest absolute Gasteiger partial charge is 0.478 e. The zero-order valence-electron chi connectivity index (χ0n) is 6.41. The maximum Gasteiger partial charge on any atom is 0.339 e. The van der Waals surface area contributed by atoms with Crippen LogP contribution in [0.5, 0.6) is 0 Å². The number of rotatable bonds is 1. The summed E-state index contributed by atoms with van der Waals surface area (Å²) in [7, 11) is 0. The van der Waals surface area contributed by atoms with Gasteiger partial charge in [-0.2, -0.15) is 0 Å². The highest BCUT2D eigenvalue weighted by Gasteiger charge is 2.11. The van der Waals surface area contributed by atoms with Gasteiger partial charge in [0.05, 0.1) is 10.5 Å². The highest BCUT2D eigenvalue weighted by atomic mass is 35.5. The molecule has 2 aromatic heterocycles. The first-order valence-electron chi connectivity index (χ1n) is 3.54. The Kier molecular flexibility index (Phi) is 1.70. The van der Waals surface area contributed by atoms with Crippen molar-refractivity contribution >= 4 is 28.6 Å². The molecule has 0 saturated carbocycles. The molecule has 0 aliphatic carbocycles. The molecule has 2 heterocycles. The molecule has 0 amide bonds. The van der Waals surface area contributed by atoms with Gasteiger partial charge < -0.3 is 10.1 Å². The van der Waals surface area contributed by atoms with E-state index in [2.05, 4.69) is 9.97 Å². The molecule has 0 aliphatic rings. The topological polar surface area (TPSA) is 66.0 Å². The van der Waals surface area contributed by atoms with Gasteiger partial charge in [0.2, 0.25) is 0 Å². The van der Waals surface area contributed by atoms with Gasteiger partial charge in [-0.25, -0.2) is 4.79 Å². The van der Waals surface area contributed by atoms with Crippen molar-refractivity contribution in [2.24, 2.45) is 0 Å². The Balaban J connectivity index is 2.76. The number of aromatic nitrogens is 2. The minimum absolute atomic E-state index is 0.159. The zero-order valence-corrected chi connectivity index (χ0v) is 7.17. The van der Waals surface area contributed by atoms with Gasteiger partial charge in [0.15, 0.2) is 0 Å². The Morgan fingerprint density at radius 2 is 2.38 bits per heavy atom. The summed E-state index contributed by atoms with van der Waals surface area (Å²) in [5.41, 5.74) is 1.22. The Morgan fingerprint density at radius 1 is 1.62 bits per heavy atom. The van der Waals surface area contributed by atoms with Crippen molar-refractivity contribution in [1.29, 1.82) is 0 Å². The van der Waals surface area contributed by atoms with Crippen molar-refractivity contribution in [3.8, 4) is 0 Å². The van der Waals surface area contributed by atoms with E-state index in [1.165, 1.54) is 12.4 Å². The summed E-state index contributed by atoms with van der Waals surface area (Å²) in [6.45, 7) is 0. The summed E-state index contributed by atoms with van der Waals surface area (Å²) in [5.74, 6) is -0.999. The molecule has 2 aromatic rings. The lowest BCUT2D eigenvalue weighted by Gasteiger charge is -1.91. The summed E-state index contributed by atoms with van der Waals surface area (Å²) in [4.78, 5) is 17.4. The van der Waals surface area contributed by atoms with Crippen molar-refractivity contribution in [2.75, 3.05) is 0 Å². The second-order valence-electron chi connectivity index (χ2n) is 2.56. The lowest BCUT2D eigenvalue weighted by atomic mass is 10.3. The van der Waals surface area contributed by atoms with Gasteiger partial charge in [0.25, 0.3) is 0 Å². The smallest absolute Gasteiger partial charge is 0.339 e. The van der Waals surface area contributed by atoms with E-state index in [9.17, 15) is 4.79 Å². The van der Waals surface area contributed by atoms with Crippen molar-refractivity contribution in [1.82, 2.24) is 9.97 Å². The van der Waals surface area contributed by atoms with Gasteiger partial charge in [-0.15, -0.1) is 0 Å². The fraction of sp³-hybridized carbons (Fsp3) is 0. The summed E-state index contributed by atoms with van der Waals surface area (Å²) in [5, 5.41) is 9.23. The molecule has 0 bridgehead atoms. The lowest BCUT2D eigenvalue weighted by molar-refractivity contribution is 0.0699. The Bertz CT molecular complexity index is 478. The van der Waals surface area contributed by atoms with E-state index in [4.69, 9.17) is 16.7 Å². The maximum atomic E-state index is 10.7.